The molecule has 0 radical (unpaired) electrons. The largest absolute Gasteiger partial charge is 0.312 e. The summed E-state index contributed by atoms with van der Waals surface area (Å²) in [6.45, 7) is 9.11. The summed E-state index contributed by atoms with van der Waals surface area (Å²) < 4.78 is 24.9. The van der Waals surface area contributed by atoms with Crippen LogP contribution in [0.4, 0.5) is 0 Å². The van der Waals surface area contributed by atoms with Crippen LogP contribution in [-0.4, -0.2) is 26.8 Å². The molecule has 1 aromatic carbocycles. The third-order valence-electron chi connectivity index (χ3n) is 3.41. The maximum atomic E-state index is 12.4. The molecule has 0 fully saturated rings. The Morgan fingerprint density at radius 3 is 2.24 bits per heavy atom. The van der Waals surface area contributed by atoms with Gasteiger partial charge in [-0.3, -0.25) is 0 Å². The summed E-state index contributed by atoms with van der Waals surface area (Å²) >= 11 is 5.82. The number of sulfone groups is 1. The molecule has 0 heterocycles. The maximum absolute atomic E-state index is 12.4. The molecule has 3 nitrogen and oxygen atoms in total. The van der Waals surface area contributed by atoms with Gasteiger partial charge in [0.05, 0.1) is 11.5 Å². The van der Waals surface area contributed by atoms with Crippen molar-refractivity contribution < 1.29 is 8.42 Å². The van der Waals surface area contributed by atoms with Gasteiger partial charge >= 0.3 is 0 Å². The standard InChI is InChI=1S/C16H26ClNO2S/c1-5-10-18-15(16(2,3)4)12-21(19,20)11-13-6-8-14(17)9-7-13/h6-9,15,18H,5,10-12H2,1-4H3. The smallest absolute Gasteiger partial charge is 0.155 e. The van der Waals surface area contributed by atoms with Crippen LogP contribution in [0, 0.1) is 5.41 Å². The van der Waals surface area contributed by atoms with E-state index in [1.807, 2.05) is 0 Å². The highest BCUT2D eigenvalue weighted by Crippen LogP contribution is 2.22. The van der Waals surface area contributed by atoms with Crippen LogP contribution in [0.1, 0.15) is 39.7 Å². The molecule has 0 spiro atoms. The zero-order chi connectivity index (χ0) is 16.1. The number of hydrogen-bond acceptors (Lipinski definition) is 3. The van der Waals surface area contributed by atoms with Crippen LogP contribution in [0.3, 0.4) is 0 Å². The van der Waals surface area contributed by atoms with Crippen LogP contribution in [0.25, 0.3) is 0 Å². The van der Waals surface area contributed by atoms with Gasteiger partial charge in [-0.2, -0.15) is 0 Å². The summed E-state index contributed by atoms with van der Waals surface area (Å²) in [7, 11) is -3.17. The Labute approximate surface area is 134 Å². The number of rotatable bonds is 7. The zero-order valence-corrected chi connectivity index (χ0v) is 14.9. The molecule has 0 amide bonds. The molecule has 1 N–H and O–H groups in total. The molecule has 0 aliphatic carbocycles. The molecule has 1 unspecified atom stereocenters. The van der Waals surface area contributed by atoms with E-state index in [0.29, 0.717) is 5.02 Å². The minimum atomic E-state index is -3.17. The van der Waals surface area contributed by atoms with E-state index in [0.717, 1.165) is 18.5 Å². The molecule has 5 heteroatoms. The van der Waals surface area contributed by atoms with Crippen molar-refractivity contribution in [2.24, 2.45) is 5.41 Å². The fraction of sp³-hybridized carbons (Fsp3) is 0.625. The molecule has 0 aliphatic heterocycles. The molecule has 0 aromatic heterocycles. The number of hydrogen-bond donors (Lipinski definition) is 1. The van der Waals surface area contributed by atoms with Crippen molar-refractivity contribution in [3.8, 4) is 0 Å². The Morgan fingerprint density at radius 2 is 1.76 bits per heavy atom. The quantitative estimate of drug-likeness (QED) is 0.829. The van der Waals surface area contributed by atoms with Gasteiger partial charge in [-0.25, -0.2) is 8.42 Å². The number of halogens is 1. The number of nitrogens with one attached hydrogen (secondary N) is 1. The maximum Gasteiger partial charge on any atom is 0.155 e. The van der Waals surface area contributed by atoms with Crippen molar-refractivity contribution in [3.05, 3.63) is 34.9 Å². The van der Waals surface area contributed by atoms with Gasteiger partial charge in [0.25, 0.3) is 0 Å². The van der Waals surface area contributed by atoms with Gasteiger partial charge in [-0.1, -0.05) is 51.4 Å². The summed E-state index contributed by atoms with van der Waals surface area (Å²) in [6.07, 6.45) is 0.990. The first kappa shape index (κ1) is 18.5. The van der Waals surface area contributed by atoms with Crippen molar-refractivity contribution in [2.75, 3.05) is 12.3 Å². The first-order chi connectivity index (χ1) is 9.64. The van der Waals surface area contributed by atoms with Crippen LogP contribution >= 0.6 is 11.6 Å². The second kappa shape index (κ2) is 7.61. The average Bonchev–Trinajstić information content (AvgIpc) is 2.35. The normalized spacial score (nSPS) is 14.1. The SMILES string of the molecule is CCCNC(CS(=O)(=O)Cc1ccc(Cl)cc1)C(C)(C)C. The number of benzene rings is 1. The fourth-order valence-electron chi connectivity index (χ4n) is 2.08. The van der Waals surface area contributed by atoms with Crippen molar-refractivity contribution >= 4 is 21.4 Å². The zero-order valence-electron chi connectivity index (χ0n) is 13.3. The van der Waals surface area contributed by atoms with Gasteiger partial charge in [-0.05, 0) is 36.1 Å². The topological polar surface area (TPSA) is 46.2 Å². The highest BCUT2D eigenvalue weighted by Gasteiger charge is 2.29. The van der Waals surface area contributed by atoms with E-state index in [2.05, 4.69) is 33.0 Å². The predicted molar refractivity (Wildman–Crippen MR) is 90.5 cm³/mol. The summed E-state index contributed by atoms with van der Waals surface area (Å²) in [5.41, 5.74) is 0.685. The molecule has 1 atom stereocenters. The molecule has 0 bridgehead atoms. The monoisotopic (exact) mass is 331 g/mol. The fourth-order valence-corrected chi connectivity index (χ4v) is 4.15. The van der Waals surface area contributed by atoms with E-state index in [1.54, 1.807) is 24.3 Å². The summed E-state index contributed by atoms with van der Waals surface area (Å²) in [5, 5.41) is 3.98. The Balaban J connectivity index is 2.78. The van der Waals surface area contributed by atoms with Gasteiger partial charge in [0, 0.05) is 11.1 Å². The summed E-state index contributed by atoms with van der Waals surface area (Å²) in [6, 6.07) is 6.94. The van der Waals surface area contributed by atoms with Crippen LogP contribution in [0.5, 0.6) is 0 Å². The first-order valence-electron chi connectivity index (χ1n) is 7.32. The molecule has 21 heavy (non-hydrogen) atoms. The predicted octanol–water partition coefficient (Wildman–Crippen LogP) is 3.67. The van der Waals surface area contributed by atoms with E-state index in [9.17, 15) is 8.42 Å². The lowest BCUT2D eigenvalue weighted by atomic mass is 9.88. The molecule has 1 rings (SSSR count). The van der Waals surface area contributed by atoms with Crippen LogP contribution < -0.4 is 5.32 Å². The second-order valence-electron chi connectivity index (χ2n) is 6.55. The lowest BCUT2D eigenvalue weighted by molar-refractivity contribution is 0.288. The third kappa shape index (κ3) is 6.81. The van der Waals surface area contributed by atoms with Crippen LogP contribution in [0.15, 0.2) is 24.3 Å². The highest BCUT2D eigenvalue weighted by molar-refractivity contribution is 7.90. The summed E-state index contributed by atoms with van der Waals surface area (Å²) in [5.74, 6) is 0.212. The highest BCUT2D eigenvalue weighted by atomic mass is 35.5. The molecule has 120 valence electrons. The van der Waals surface area contributed by atoms with E-state index in [4.69, 9.17) is 11.6 Å². The van der Waals surface area contributed by atoms with E-state index < -0.39 is 9.84 Å². The van der Waals surface area contributed by atoms with Crippen LogP contribution in [-0.2, 0) is 15.6 Å². The molecule has 0 saturated carbocycles. The minimum Gasteiger partial charge on any atom is -0.312 e. The van der Waals surface area contributed by atoms with E-state index in [1.165, 1.54) is 0 Å². The molecule has 0 saturated heterocycles. The molecule has 0 aliphatic rings. The van der Waals surface area contributed by atoms with Gasteiger partial charge in [0.15, 0.2) is 9.84 Å². The molecule has 1 aromatic rings. The van der Waals surface area contributed by atoms with Gasteiger partial charge in [-0.15, -0.1) is 0 Å². The Morgan fingerprint density at radius 1 is 1.19 bits per heavy atom. The van der Waals surface area contributed by atoms with Crippen molar-refractivity contribution in [3.63, 3.8) is 0 Å². The first-order valence-corrected chi connectivity index (χ1v) is 9.52. The second-order valence-corrected chi connectivity index (χ2v) is 9.10. The Bertz CT molecular complexity index is 532. The Kier molecular flexibility index (Phi) is 6.70. The van der Waals surface area contributed by atoms with E-state index >= 15 is 0 Å². The Hall–Kier alpha value is -0.580. The van der Waals surface area contributed by atoms with Crippen LogP contribution in [0.2, 0.25) is 5.02 Å². The van der Waals surface area contributed by atoms with Crippen molar-refractivity contribution in [2.45, 2.75) is 45.9 Å². The average molecular weight is 332 g/mol. The molecular weight excluding hydrogens is 306 g/mol. The minimum absolute atomic E-state index is 0.0465. The molecular formula is C16H26ClNO2S. The third-order valence-corrected chi connectivity index (χ3v) is 5.27. The van der Waals surface area contributed by atoms with Crippen molar-refractivity contribution in [1.29, 1.82) is 0 Å². The van der Waals surface area contributed by atoms with Crippen molar-refractivity contribution in [1.82, 2.24) is 5.32 Å². The van der Waals surface area contributed by atoms with E-state index in [-0.39, 0.29) is 23.0 Å². The van der Waals surface area contributed by atoms with Gasteiger partial charge < -0.3 is 5.32 Å². The van der Waals surface area contributed by atoms with Gasteiger partial charge in [0.2, 0.25) is 0 Å². The van der Waals surface area contributed by atoms with Gasteiger partial charge in [0.1, 0.15) is 0 Å². The lowest BCUT2D eigenvalue weighted by Crippen LogP contribution is -2.45. The lowest BCUT2D eigenvalue weighted by Gasteiger charge is -2.31. The summed E-state index contributed by atoms with van der Waals surface area (Å²) in [4.78, 5) is 0.